The van der Waals surface area contributed by atoms with Gasteiger partial charge in [-0.3, -0.25) is 0 Å². The van der Waals surface area contributed by atoms with E-state index in [9.17, 15) is 0 Å². The molecule has 0 aromatic rings. The van der Waals surface area contributed by atoms with Crippen molar-refractivity contribution in [3.8, 4) is 0 Å². The Hall–Kier alpha value is -0.0800. The molecule has 0 aromatic heterocycles. The van der Waals surface area contributed by atoms with Crippen molar-refractivity contribution < 1.29 is 4.74 Å². The number of ether oxygens (including phenoxy) is 1. The van der Waals surface area contributed by atoms with Crippen LogP contribution in [0.25, 0.3) is 0 Å². The highest BCUT2D eigenvalue weighted by atomic mass is 16.5. The van der Waals surface area contributed by atoms with E-state index in [2.05, 4.69) is 39.9 Å². The maximum absolute atomic E-state index is 5.62. The van der Waals surface area contributed by atoms with E-state index in [1.165, 1.54) is 12.8 Å². The molecule has 0 aliphatic rings. The van der Waals surface area contributed by atoms with Crippen molar-refractivity contribution in [3.05, 3.63) is 0 Å². The highest BCUT2D eigenvalue weighted by Gasteiger charge is 2.06. The van der Waals surface area contributed by atoms with Gasteiger partial charge in [0.1, 0.15) is 0 Å². The fourth-order valence-corrected chi connectivity index (χ4v) is 1.41. The van der Waals surface area contributed by atoms with Crippen LogP contribution in [-0.2, 0) is 4.74 Å². The maximum atomic E-state index is 5.62. The maximum Gasteiger partial charge on any atom is 0.0674 e. The van der Waals surface area contributed by atoms with Crippen LogP contribution in [0, 0.1) is 0 Å². The lowest BCUT2D eigenvalue weighted by molar-refractivity contribution is 0.0182. The van der Waals surface area contributed by atoms with Crippen molar-refractivity contribution in [1.82, 2.24) is 5.32 Å². The third-order valence-electron chi connectivity index (χ3n) is 1.98. The monoisotopic (exact) mass is 187 g/mol. The van der Waals surface area contributed by atoms with Gasteiger partial charge in [-0.1, -0.05) is 13.3 Å². The zero-order valence-corrected chi connectivity index (χ0v) is 9.76. The van der Waals surface area contributed by atoms with E-state index in [1.807, 2.05) is 0 Å². The predicted octanol–water partition coefficient (Wildman–Crippen LogP) is 2.58. The van der Waals surface area contributed by atoms with E-state index >= 15 is 0 Å². The second kappa shape index (κ2) is 7.34. The Labute approximate surface area is 83.1 Å². The van der Waals surface area contributed by atoms with E-state index in [4.69, 9.17) is 4.74 Å². The van der Waals surface area contributed by atoms with Gasteiger partial charge in [0.2, 0.25) is 0 Å². The van der Waals surface area contributed by atoms with E-state index < -0.39 is 0 Å². The van der Waals surface area contributed by atoms with Crippen LogP contribution in [0.5, 0.6) is 0 Å². The summed E-state index contributed by atoms with van der Waals surface area (Å²) in [5, 5.41) is 3.46. The summed E-state index contributed by atoms with van der Waals surface area (Å²) in [5.41, 5.74) is 0. The molecule has 2 heteroatoms. The molecular formula is C11H25NO. The van der Waals surface area contributed by atoms with Crippen molar-refractivity contribution in [2.75, 3.05) is 6.54 Å². The van der Waals surface area contributed by atoms with Gasteiger partial charge in [0.15, 0.2) is 0 Å². The van der Waals surface area contributed by atoms with Crippen LogP contribution in [0.15, 0.2) is 0 Å². The molecule has 0 bridgehead atoms. The number of rotatable bonds is 7. The summed E-state index contributed by atoms with van der Waals surface area (Å²) >= 11 is 0. The molecule has 0 saturated heterocycles. The molecule has 0 aliphatic carbocycles. The molecule has 2 unspecified atom stereocenters. The van der Waals surface area contributed by atoms with Gasteiger partial charge in [0.25, 0.3) is 0 Å². The van der Waals surface area contributed by atoms with Gasteiger partial charge < -0.3 is 10.1 Å². The quantitative estimate of drug-likeness (QED) is 0.661. The smallest absolute Gasteiger partial charge is 0.0674 e. The summed E-state index contributed by atoms with van der Waals surface area (Å²) in [6.07, 6.45) is 3.14. The van der Waals surface area contributed by atoms with Crippen LogP contribution in [0.4, 0.5) is 0 Å². The molecule has 0 fully saturated rings. The van der Waals surface area contributed by atoms with E-state index in [-0.39, 0.29) is 0 Å². The molecule has 2 atom stereocenters. The summed E-state index contributed by atoms with van der Waals surface area (Å²) in [6.45, 7) is 11.7. The van der Waals surface area contributed by atoms with Crippen LogP contribution >= 0.6 is 0 Å². The Morgan fingerprint density at radius 2 is 1.77 bits per heavy atom. The fraction of sp³-hybridized carbons (Fsp3) is 1.00. The van der Waals surface area contributed by atoms with Crippen molar-refractivity contribution in [3.63, 3.8) is 0 Å². The van der Waals surface area contributed by atoms with Crippen LogP contribution in [0.3, 0.4) is 0 Å². The Bertz CT molecular complexity index is 115. The Balaban J connectivity index is 3.40. The summed E-state index contributed by atoms with van der Waals surface area (Å²) in [5.74, 6) is 0. The first-order chi connectivity index (χ1) is 6.06. The third-order valence-corrected chi connectivity index (χ3v) is 1.98. The minimum atomic E-state index is 0.319. The minimum Gasteiger partial charge on any atom is -0.375 e. The zero-order chi connectivity index (χ0) is 10.3. The summed E-state index contributed by atoms with van der Waals surface area (Å²) < 4.78 is 5.62. The van der Waals surface area contributed by atoms with Crippen LogP contribution in [0.2, 0.25) is 0 Å². The lowest BCUT2D eigenvalue weighted by Crippen LogP contribution is -2.34. The number of hydrogen-bond acceptors (Lipinski definition) is 2. The highest BCUT2D eigenvalue weighted by Crippen LogP contribution is 1.98. The molecule has 1 N–H and O–H groups in total. The molecule has 0 amide bonds. The molecule has 0 saturated carbocycles. The van der Waals surface area contributed by atoms with Gasteiger partial charge in [0.05, 0.1) is 12.2 Å². The van der Waals surface area contributed by atoms with E-state index in [1.54, 1.807) is 0 Å². The normalized spacial score (nSPS) is 16.2. The predicted molar refractivity (Wildman–Crippen MR) is 58.1 cm³/mol. The zero-order valence-electron chi connectivity index (χ0n) is 9.76. The van der Waals surface area contributed by atoms with Gasteiger partial charge in [0, 0.05) is 12.6 Å². The molecule has 0 spiro atoms. The lowest BCUT2D eigenvalue weighted by atomic mass is 10.2. The SMILES string of the molecule is CCCC(C)NCC(C)OC(C)C. The largest absolute Gasteiger partial charge is 0.375 e. The molecule has 0 rings (SSSR count). The first kappa shape index (κ1) is 12.9. The van der Waals surface area contributed by atoms with Crippen molar-refractivity contribution in [1.29, 1.82) is 0 Å². The van der Waals surface area contributed by atoms with E-state index in [0.29, 0.717) is 18.2 Å². The second-order valence-electron chi connectivity index (χ2n) is 4.09. The first-order valence-electron chi connectivity index (χ1n) is 5.45. The van der Waals surface area contributed by atoms with Crippen LogP contribution < -0.4 is 5.32 Å². The summed E-state index contributed by atoms with van der Waals surface area (Å²) in [7, 11) is 0. The second-order valence-corrected chi connectivity index (χ2v) is 4.09. The molecule has 0 heterocycles. The molecule has 0 radical (unpaired) electrons. The highest BCUT2D eigenvalue weighted by molar-refractivity contribution is 4.63. The van der Waals surface area contributed by atoms with Crippen molar-refractivity contribution in [2.45, 2.75) is 65.7 Å². The molecule has 0 aliphatic heterocycles. The number of hydrogen-bond donors (Lipinski definition) is 1. The fourth-order valence-electron chi connectivity index (χ4n) is 1.41. The van der Waals surface area contributed by atoms with Crippen LogP contribution in [0.1, 0.15) is 47.5 Å². The molecule has 80 valence electrons. The first-order valence-corrected chi connectivity index (χ1v) is 5.45. The van der Waals surface area contributed by atoms with Gasteiger partial charge in [-0.2, -0.15) is 0 Å². The van der Waals surface area contributed by atoms with Gasteiger partial charge in [-0.25, -0.2) is 0 Å². The Kier molecular flexibility index (Phi) is 7.29. The minimum absolute atomic E-state index is 0.319. The van der Waals surface area contributed by atoms with Gasteiger partial charge in [-0.15, -0.1) is 0 Å². The third kappa shape index (κ3) is 8.26. The summed E-state index contributed by atoms with van der Waals surface area (Å²) in [4.78, 5) is 0. The average molecular weight is 187 g/mol. The van der Waals surface area contributed by atoms with Gasteiger partial charge >= 0.3 is 0 Å². The Morgan fingerprint density at radius 3 is 2.23 bits per heavy atom. The standard InChI is InChI=1S/C11H25NO/c1-6-7-10(4)12-8-11(5)13-9(2)3/h9-12H,6-8H2,1-5H3. The van der Waals surface area contributed by atoms with Crippen molar-refractivity contribution >= 4 is 0 Å². The average Bonchev–Trinajstić information content (AvgIpc) is 2.00. The molecule has 0 aromatic carbocycles. The van der Waals surface area contributed by atoms with Crippen LogP contribution in [-0.4, -0.2) is 24.8 Å². The van der Waals surface area contributed by atoms with Crippen molar-refractivity contribution in [2.24, 2.45) is 0 Å². The molecular weight excluding hydrogens is 162 g/mol. The topological polar surface area (TPSA) is 21.3 Å². The van der Waals surface area contributed by atoms with Gasteiger partial charge in [-0.05, 0) is 34.1 Å². The lowest BCUT2D eigenvalue weighted by Gasteiger charge is -2.19. The Morgan fingerprint density at radius 1 is 1.15 bits per heavy atom. The summed E-state index contributed by atoms with van der Waals surface area (Å²) in [6, 6.07) is 0.614. The van der Waals surface area contributed by atoms with E-state index in [0.717, 1.165) is 6.54 Å². The molecule has 13 heavy (non-hydrogen) atoms. The molecule has 2 nitrogen and oxygen atoms in total. The number of nitrogens with one attached hydrogen (secondary N) is 1.